The molecule has 0 aliphatic carbocycles. The zero-order valence-corrected chi connectivity index (χ0v) is 11.3. The molecular weight excluding hydrogens is 246 g/mol. The number of nitrogens with zero attached hydrogens (tertiary/aromatic N) is 1. The Hall–Kier alpha value is -1.38. The molecule has 0 saturated carbocycles. The predicted octanol–water partition coefficient (Wildman–Crippen LogP) is 3.63. The summed E-state index contributed by atoms with van der Waals surface area (Å²) >= 11 is 6.03. The molecule has 0 radical (unpaired) electrons. The van der Waals surface area contributed by atoms with Gasteiger partial charge in [0.05, 0.1) is 10.7 Å². The number of aryl methyl sites for hydroxylation is 2. The van der Waals surface area contributed by atoms with Crippen molar-refractivity contribution >= 4 is 11.6 Å². The molecule has 0 aliphatic rings. The van der Waals surface area contributed by atoms with E-state index in [1.54, 1.807) is 18.3 Å². The molecule has 2 nitrogen and oxygen atoms in total. The van der Waals surface area contributed by atoms with Crippen molar-refractivity contribution in [2.24, 2.45) is 0 Å². The summed E-state index contributed by atoms with van der Waals surface area (Å²) in [5, 5.41) is 10.7. The predicted molar refractivity (Wildman–Crippen MR) is 73.8 cm³/mol. The Morgan fingerprint density at radius 3 is 2.50 bits per heavy atom. The lowest BCUT2D eigenvalue weighted by Gasteiger charge is -2.12. The van der Waals surface area contributed by atoms with E-state index in [9.17, 15) is 5.11 Å². The van der Waals surface area contributed by atoms with Gasteiger partial charge in [0.25, 0.3) is 0 Å². The Balaban J connectivity index is 2.21. The summed E-state index contributed by atoms with van der Waals surface area (Å²) in [5.41, 5.74) is 4.04. The van der Waals surface area contributed by atoms with Crippen LogP contribution in [-0.2, 0) is 6.42 Å². The van der Waals surface area contributed by atoms with E-state index in [2.05, 4.69) is 37.0 Å². The normalized spacial score (nSPS) is 12.4. The SMILES string of the molecule is Cc1cc(C)cc(CC(O)c2ncccc2Cl)c1. The molecular formula is C15H16ClNO. The van der Waals surface area contributed by atoms with Gasteiger partial charge in [-0.05, 0) is 31.5 Å². The van der Waals surface area contributed by atoms with Crippen LogP contribution in [0.4, 0.5) is 0 Å². The van der Waals surface area contributed by atoms with Crippen molar-refractivity contribution in [3.05, 3.63) is 63.9 Å². The molecule has 2 rings (SSSR count). The summed E-state index contributed by atoms with van der Waals surface area (Å²) in [7, 11) is 0. The van der Waals surface area contributed by atoms with Gasteiger partial charge >= 0.3 is 0 Å². The molecule has 1 unspecified atom stereocenters. The van der Waals surface area contributed by atoms with Gasteiger partial charge in [-0.3, -0.25) is 4.98 Å². The lowest BCUT2D eigenvalue weighted by Crippen LogP contribution is -2.05. The van der Waals surface area contributed by atoms with Crippen LogP contribution in [0.5, 0.6) is 0 Å². The van der Waals surface area contributed by atoms with Gasteiger partial charge in [0, 0.05) is 12.6 Å². The fourth-order valence-electron chi connectivity index (χ4n) is 2.15. The quantitative estimate of drug-likeness (QED) is 0.915. The van der Waals surface area contributed by atoms with Crippen LogP contribution >= 0.6 is 11.6 Å². The van der Waals surface area contributed by atoms with Crippen molar-refractivity contribution in [1.82, 2.24) is 4.98 Å². The Labute approximate surface area is 112 Å². The topological polar surface area (TPSA) is 33.1 Å². The lowest BCUT2D eigenvalue weighted by molar-refractivity contribution is 0.173. The average Bonchev–Trinajstić information content (AvgIpc) is 2.27. The van der Waals surface area contributed by atoms with Gasteiger partial charge < -0.3 is 5.11 Å². The highest BCUT2D eigenvalue weighted by molar-refractivity contribution is 6.31. The number of rotatable bonds is 3. The highest BCUT2D eigenvalue weighted by Gasteiger charge is 2.13. The van der Waals surface area contributed by atoms with Gasteiger partial charge in [-0.15, -0.1) is 0 Å². The third-order valence-corrected chi connectivity index (χ3v) is 3.13. The maximum Gasteiger partial charge on any atom is 0.101 e. The standard InChI is InChI=1S/C15H16ClNO/c1-10-6-11(2)8-12(7-10)9-14(18)15-13(16)4-3-5-17-15/h3-8,14,18H,9H2,1-2H3. The number of halogens is 1. The fourth-order valence-corrected chi connectivity index (χ4v) is 2.40. The van der Waals surface area contributed by atoms with Gasteiger partial charge in [-0.25, -0.2) is 0 Å². The van der Waals surface area contributed by atoms with Crippen LogP contribution in [0.15, 0.2) is 36.5 Å². The second kappa shape index (κ2) is 5.51. The van der Waals surface area contributed by atoms with E-state index < -0.39 is 6.10 Å². The number of benzene rings is 1. The highest BCUT2D eigenvalue weighted by Crippen LogP contribution is 2.24. The minimum absolute atomic E-state index is 0.509. The summed E-state index contributed by atoms with van der Waals surface area (Å²) in [4.78, 5) is 4.14. The molecule has 2 aromatic rings. The number of hydrogen-bond acceptors (Lipinski definition) is 2. The molecule has 0 aliphatic heterocycles. The minimum Gasteiger partial charge on any atom is -0.386 e. The van der Waals surface area contributed by atoms with Crippen molar-refractivity contribution in [3.8, 4) is 0 Å². The van der Waals surface area contributed by atoms with Crippen molar-refractivity contribution in [2.75, 3.05) is 0 Å². The molecule has 1 aromatic heterocycles. The van der Waals surface area contributed by atoms with Crippen LogP contribution in [0.3, 0.4) is 0 Å². The van der Waals surface area contributed by atoms with E-state index in [1.807, 2.05) is 0 Å². The summed E-state index contributed by atoms with van der Waals surface area (Å²) in [6.07, 6.45) is 1.51. The van der Waals surface area contributed by atoms with Gasteiger partial charge in [-0.1, -0.05) is 40.9 Å². The number of pyridine rings is 1. The first-order valence-corrected chi connectivity index (χ1v) is 6.29. The molecule has 0 saturated heterocycles. The van der Waals surface area contributed by atoms with Crippen molar-refractivity contribution in [2.45, 2.75) is 26.4 Å². The molecule has 0 spiro atoms. The van der Waals surface area contributed by atoms with Crippen molar-refractivity contribution in [1.29, 1.82) is 0 Å². The third kappa shape index (κ3) is 3.09. The Morgan fingerprint density at radius 1 is 1.22 bits per heavy atom. The van der Waals surface area contributed by atoms with Crippen LogP contribution in [0.1, 0.15) is 28.5 Å². The second-order valence-corrected chi connectivity index (χ2v) is 4.99. The van der Waals surface area contributed by atoms with E-state index in [1.165, 1.54) is 11.1 Å². The Bertz CT molecular complexity index is 534. The first-order valence-electron chi connectivity index (χ1n) is 5.92. The average molecular weight is 262 g/mol. The van der Waals surface area contributed by atoms with E-state index in [4.69, 9.17) is 11.6 Å². The Morgan fingerprint density at radius 2 is 1.89 bits per heavy atom. The van der Waals surface area contributed by atoms with Gasteiger partial charge in [0.1, 0.15) is 6.10 Å². The van der Waals surface area contributed by atoms with E-state index in [-0.39, 0.29) is 0 Å². The molecule has 3 heteroatoms. The number of aliphatic hydroxyl groups excluding tert-OH is 1. The van der Waals surface area contributed by atoms with Crippen LogP contribution in [0, 0.1) is 13.8 Å². The summed E-state index contributed by atoms with van der Waals surface area (Å²) in [6, 6.07) is 9.77. The van der Waals surface area contributed by atoms with Crippen LogP contribution < -0.4 is 0 Å². The smallest absolute Gasteiger partial charge is 0.101 e. The zero-order valence-electron chi connectivity index (χ0n) is 10.5. The molecule has 1 heterocycles. The first kappa shape index (κ1) is 13.1. The van der Waals surface area contributed by atoms with Gasteiger partial charge in [-0.2, -0.15) is 0 Å². The Kier molecular flexibility index (Phi) is 4.00. The fraction of sp³-hybridized carbons (Fsp3) is 0.267. The number of aliphatic hydroxyl groups is 1. The maximum atomic E-state index is 10.2. The minimum atomic E-state index is -0.667. The molecule has 0 bridgehead atoms. The van der Waals surface area contributed by atoms with Crippen LogP contribution in [-0.4, -0.2) is 10.1 Å². The van der Waals surface area contributed by atoms with E-state index in [0.717, 1.165) is 5.56 Å². The molecule has 1 N–H and O–H groups in total. The molecule has 0 fully saturated rings. The van der Waals surface area contributed by atoms with Crippen LogP contribution in [0.2, 0.25) is 5.02 Å². The highest BCUT2D eigenvalue weighted by atomic mass is 35.5. The molecule has 0 amide bonds. The zero-order chi connectivity index (χ0) is 13.1. The lowest BCUT2D eigenvalue weighted by atomic mass is 10.0. The van der Waals surface area contributed by atoms with Gasteiger partial charge in [0.15, 0.2) is 0 Å². The largest absolute Gasteiger partial charge is 0.386 e. The molecule has 1 aromatic carbocycles. The molecule has 94 valence electrons. The van der Waals surface area contributed by atoms with Crippen molar-refractivity contribution < 1.29 is 5.11 Å². The number of aromatic nitrogens is 1. The molecule has 18 heavy (non-hydrogen) atoms. The first-order chi connectivity index (χ1) is 8.56. The molecule has 1 atom stereocenters. The van der Waals surface area contributed by atoms with Crippen LogP contribution in [0.25, 0.3) is 0 Å². The third-order valence-electron chi connectivity index (χ3n) is 2.81. The second-order valence-electron chi connectivity index (χ2n) is 4.59. The summed E-state index contributed by atoms with van der Waals surface area (Å²) in [5.74, 6) is 0. The number of hydrogen-bond donors (Lipinski definition) is 1. The monoisotopic (exact) mass is 261 g/mol. The van der Waals surface area contributed by atoms with Gasteiger partial charge in [0.2, 0.25) is 0 Å². The van der Waals surface area contributed by atoms with Crippen molar-refractivity contribution in [3.63, 3.8) is 0 Å². The van der Waals surface area contributed by atoms with E-state index in [0.29, 0.717) is 17.1 Å². The van der Waals surface area contributed by atoms with E-state index >= 15 is 0 Å². The summed E-state index contributed by atoms with van der Waals surface area (Å²) in [6.45, 7) is 4.10. The maximum absolute atomic E-state index is 10.2. The summed E-state index contributed by atoms with van der Waals surface area (Å²) < 4.78 is 0.